The number of likely N-dealkylation sites (N-methyl/N-ethyl adjacent to an activating group) is 1. The van der Waals surface area contributed by atoms with E-state index in [4.69, 9.17) is 4.98 Å². The van der Waals surface area contributed by atoms with Crippen LogP contribution in [0.3, 0.4) is 0 Å². The van der Waals surface area contributed by atoms with Crippen LogP contribution in [0.5, 0.6) is 0 Å². The van der Waals surface area contributed by atoms with Gasteiger partial charge in [0, 0.05) is 32.5 Å². The van der Waals surface area contributed by atoms with Crippen molar-refractivity contribution in [1.29, 1.82) is 0 Å². The highest BCUT2D eigenvalue weighted by Gasteiger charge is 2.31. The van der Waals surface area contributed by atoms with Crippen LogP contribution in [0.2, 0.25) is 0 Å². The Morgan fingerprint density at radius 1 is 0.794 bits per heavy atom. The Labute approximate surface area is 208 Å². The highest BCUT2D eigenvalue weighted by Crippen LogP contribution is 2.30. The van der Waals surface area contributed by atoms with E-state index in [1.54, 1.807) is 0 Å². The second kappa shape index (κ2) is 15.2. The van der Waals surface area contributed by atoms with Crippen molar-refractivity contribution in [1.82, 2.24) is 14.5 Å². The Balaban J connectivity index is 1.26. The number of fused-ring (bicyclic) bond motifs is 1. The molecule has 2 heterocycles. The monoisotopic (exact) mass is 467 g/mol. The number of nitrogens with zero attached hydrogens (tertiary/aromatic N) is 3. The maximum Gasteiger partial charge on any atom is 0.223 e. The molecule has 0 spiro atoms. The van der Waals surface area contributed by atoms with Crippen molar-refractivity contribution >= 4 is 16.9 Å². The summed E-state index contributed by atoms with van der Waals surface area (Å²) in [5.41, 5.74) is 2.29. The van der Waals surface area contributed by atoms with Gasteiger partial charge in [-0.1, -0.05) is 115 Å². The molecule has 0 aliphatic carbocycles. The van der Waals surface area contributed by atoms with E-state index in [1.807, 2.05) is 11.9 Å². The van der Waals surface area contributed by atoms with Crippen LogP contribution in [0.15, 0.2) is 24.3 Å². The Hall–Kier alpha value is -1.84. The lowest BCUT2D eigenvalue weighted by Gasteiger charge is -2.14. The van der Waals surface area contributed by atoms with E-state index >= 15 is 0 Å². The zero-order valence-corrected chi connectivity index (χ0v) is 22.1. The molecule has 1 unspecified atom stereocenters. The van der Waals surface area contributed by atoms with Gasteiger partial charge in [-0.15, -0.1) is 0 Å². The number of hydrogen-bond donors (Lipinski definition) is 0. The molecule has 1 fully saturated rings. The van der Waals surface area contributed by atoms with Crippen molar-refractivity contribution in [2.24, 2.45) is 0 Å². The van der Waals surface area contributed by atoms with Crippen LogP contribution in [0, 0.1) is 0 Å². The number of unbranched alkanes of at least 4 members (excludes halogenated alkanes) is 15. The number of carbonyl (C=O) groups is 1. The van der Waals surface area contributed by atoms with E-state index in [0.29, 0.717) is 6.42 Å². The smallest absolute Gasteiger partial charge is 0.223 e. The average Bonchev–Trinajstić information content (AvgIpc) is 3.38. The first-order valence-electron chi connectivity index (χ1n) is 14.4. The fourth-order valence-electron chi connectivity index (χ4n) is 5.50. The summed E-state index contributed by atoms with van der Waals surface area (Å²) < 4.78 is 2.40. The lowest BCUT2D eigenvalue weighted by Crippen LogP contribution is -2.19. The Morgan fingerprint density at radius 2 is 1.32 bits per heavy atom. The first-order chi connectivity index (χ1) is 16.7. The van der Waals surface area contributed by atoms with Crippen molar-refractivity contribution < 1.29 is 4.79 Å². The molecule has 0 bridgehead atoms. The minimum absolute atomic E-state index is 0.228. The third-order valence-electron chi connectivity index (χ3n) is 7.63. The Kier molecular flexibility index (Phi) is 12.0. The van der Waals surface area contributed by atoms with Gasteiger partial charge in [-0.3, -0.25) is 4.79 Å². The molecule has 1 aromatic carbocycles. The first-order valence-corrected chi connectivity index (χ1v) is 14.4. The molecule has 1 amide bonds. The zero-order chi connectivity index (χ0) is 24.0. The van der Waals surface area contributed by atoms with Crippen LogP contribution in [0.25, 0.3) is 11.0 Å². The lowest BCUT2D eigenvalue weighted by atomic mass is 10.0. The van der Waals surface area contributed by atoms with E-state index in [2.05, 4.69) is 35.8 Å². The van der Waals surface area contributed by atoms with Gasteiger partial charge in [-0.25, -0.2) is 4.98 Å². The summed E-state index contributed by atoms with van der Waals surface area (Å²) in [7, 11) is 1.91. The van der Waals surface area contributed by atoms with Crippen molar-refractivity contribution in [2.75, 3.05) is 13.6 Å². The van der Waals surface area contributed by atoms with Crippen LogP contribution >= 0.6 is 0 Å². The van der Waals surface area contributed by atoms with Gasteiger partial charge in [0.2, 0.25) is 5.91 Å². The molecular formula is C30H49N3O. The molecule has 4 nitrogen and oxygen atoms in total. The van der Waals surface area contributed by atoms with Gasteiger partial charge >= 0.3 is 0 Å². The van der Waals surface area contributed by atoms with Gasteiger partial charge in [-0.05, 0) is 18.6 Å². The maximum absolute atomic E-state index is 12.1. The Bertz CT molecular complexity index is 843. The third kappa shape index (κ3) is 8.43. The number of imidazole rings is 1. The highest BCUT2D eigenvalue weighted by atomic mass is 16.2. The molecule has 2 aromatic rings. The quantitative estimate of drug-likeness (QED) is 0.207. The van der Waals surface area contributed by atoms with Crippen LogP contribution < -0.4 is 0 Å². The van der Waals surface area contributed by atoms with Crippen molar-refractivity contribution in [2.45, 2.75) is 129 Å². The summed E-state index contributed by atoms with van der Waals surface area (Å²) in [4.78, 5) is 18.9. The Morgan fingerprint density at radius 3 is 1.85 bits per heavy atom. The maximum atomic E-state index is 12.1. The molecule has 190 valence electrons. The second-order valence-corrected chi connectivity index (χ2v) is 10.6. The first kappa shape index (κ1) is 26.8. The SMILES string of the molecule is CCCCCCCCCCCCCCCCCCn1c(C2CC(=O)N(C)C2)nc2ccccc21. The van der Waals surface area contributed by atoms with E-state index in [-0.39, 0.29) is 11.8 Å². The average molecular weight is 468 g/mol. The van der Waals surface area contributed by atoms with E-state index in [0.717, 1.165) is 24.4 Å². The summed E-state index contributed by atoms with van der Waals surface area (Å²) in [6.07, 6.45) is 22.9. The minimum atomic E-state index is 0.228. The number of benzene rings is 1. The van der Waals surface area contributed by atoms with Gasteiger partial charge in [-0.2, -0.15) is 0 Å². The fraction of sp³-hybridized carbons (Fsp3) is 0.733. The molecular weight excluding hydrogens is 418 g/mol. The molecule has 1 aromatic heterocycles. The molecule has 0 radical (unpaired) electrons. The van der Waals surface area contributed by atoms with Crippen LogP contribution in [-0.2, 0) is 11.3 Å². The number of amides is 1. The number of likely N-dealkylation sites (tertiary alicyclic amines) is 1. The van der Waals surface area contributed by atoms with Crippen LogP contribution in [0.1, 0.15) is 128 Å². The molecule has 0 saturated carbocycles. The van der Waals surface area contributed by atoms with Gasteiger partial charge < -0.3 is 9.47 Å². The molecule has 1 saturated heterocycles. The number of rotatable bonds is 18. The zero-order valence-electron chi connectivity index (χ0n) is 22.1. The van der Waals surface area contributed by atoms with Crippen molar-refractivity contribution in [3.8, 4) is 0 Å². The molecule has 3 rings (SSSR count). The van der Waals surface area contributed by atoms with Crippen LogP contribution in [0.4, 0.5) is 0 Å². The number of carbonyl (C=O) groups excluding carboxylic acids is 1. The van der Waals surface area contributed by atoms with E-state index < -0.39 is 0 Å². The van der Waals surface area contributed by atoms with Gasteiger partial charge in [0.25, 0.3) is 0 Å². The highest BCUT2D eigenvalue weighted by molar-refractivity contribution is 5.80. The number of para-hydroxylation sites is 2. The number of hydrogen-bond acceptors (Lipinski definition) is 2. The predicted octanol–water partition coefficient (Wildman–Crippen LogP) is 8.24. The normalized spacial score (nSPS) is 16.2. The molecule has 34 heavy (non-hydrogen) atoms. The molecule has 1 aliphatic rings. The van der Waals surface area contributed by atoms with Crippen molar-refractivity contribution in [3.63, 3.8) is 0 Å². The summed E-state index contributed by atoms with van der Waals surface area (Å²) in [6, 6.07) is 8.44. The van der Waals surface area contributed by atoms with E-state index in [9.17, 15) is 4.79 Å². The van der Waals surface area contributed by atoms with E-state index in [1.165, 1.54) is 108 Å². The molecule has 1 aliphatic heterocycles. The molecule has 0 N–H and O–H groups in total. The lowest BCUT2D eigenvalue weighted by molar-refractivity contribution is -0.126. The number of aryl methyl sites for hydroxylation is 1. The summed E-state index contributed by atoms with van der Waals surface area (Å²) in [6.45, 7) is 4.10. The van der Waals surface area contributed by atoms with Gasteiger partial charge in [0.15, 0.2) is 0 Å². The second-order valence-electron chi connectivity index (χ2n) is 10.6. The fourth-order valence-corrected chi connectivity index (χ4v) is 5.50. The predicted molar refractivity (Wildman–Crippen MR) is 144 cm³/mol. The topological polar surface area (TPSA) is 38.1 Å². The minimum Gasteiger partial charge on any atom is -0.345 e. The van der Waals surface area contributed by atoms with Crippen LogP contribution in [-0.4, -0.2) is 34.0 Å². The largest absolute Gasteiger partial charge is 0.345 e. The molecule has 4 heteroatoms. The molecule has 1 atom stereocenters. The summed E-state index contributed by atoms with van der Waals surface area (Å²) in [5, 5.41) is 0. The third-order valence-corrected chi connectivity index (χ3v) is 7.63. The van der Waals surface area contributed by atoms with Crippen molar-refractivity contribution in [3.05, 3.63) is 30.1 Å². The number of aromatic nitrogens is 2. The summed E-state index contributed by atoms with van der Waals surface area (Å²) in [5.74, 6) is 1.58. The summed E-state index contributed by atoms with van der Waals surface area (Å²) >= 11 is 0. The standard InChI is InChI=1S/C30H49N3O/c1-3-4-5-6-7-8-9-10-11-12-13-14-15-16-17-20-23-33-28-22-19-18-21-27(28)31-30(33)26-24-29(34)32(2)25-26/h18-19,21-22,26H,3-17,20,23-25H2,1-2H3. The van der Waals surface area contributed by atoms with Gasteiger partial charge in [0.05, 0.1) is 11.0 Å². The van der Waals surface area contributed by atoms with Gasteiger partial charge in [0.1, 0.15) is 5.82 Å².